The highest BCUT2D eigenvalue weighted by atomic mass is 16.6. The monoisotopic (exact) mass is 174 g/mol. The Balaban J connectivity index is 3.43. The molecule has 0 aliphatic rings. The van der Waals surface area contributed by atoms with Crippen LogP contribution in [0, 0.1) is 5.92 Å². The van der Waals surface area contributed by atoms with E-state index in [9.17, 15) is 4.79 Å². The zero-order valence-corrected chi connectivity index (χ0v) is 8.29. The molecule has 0 fully saturated rings. The minimum absolute atomic E-state index is 0.307. The third kappa shape index (κ3) is 5.13. The van der Waals surface area contributed by atoms with Crippen LogP contribution in [0.2, 0.25) is 0 Å². The quantitative estimate of drug-likeness (QED) is 0.594. The van der Waals surface area contributed by atoms with Crippen LogP contribution in [0.3, 0.4) is 0 Å². The van der Waals surface area contributed by atoms with E-state index in [1.807, 2.05) is 0 Å². The van der Waals surface area contributed by atoms with E-state index in [0.29, 0.717) is 12.5 Å². The minimum atomic E-state index is -0.436. The summed E-state index contributed by atoms with van der Waals surface area (Å²) in [7, 11) is 1.37. The van der Waals surface area contributed by atoms with Crippen molar-refractivity contribution < 1.29 is 14.3 Å². The third-order valence-corrected chi connectivity index (χ3v) is 1.60. The van der Waals surface area contributed by atoms with Crippen LogP contribution in [0.15, 0.2) is 0 Å². The molecule has 0 heterocycles. The number of esters is 1. The number of carbonyl (C=O) groups excluding carboxylic acids is 1. The molecule has 1 atom stereocenters. The topological polar surface area (TPSA) is 35.5 Å². The Bertz CT molecular complexity index is 132. The second kappa shape index (κ2) is 6.00. The Morgan fingerprint density at radius 2 is 1.92 bits per heavy atom. The standard InChI is InChI=1S/C9H18O3/c1-7(2)5-6-12-8(3)9(10)11-4/h7-8H,5-6H2,1-4H3/t8-/m1/s1. The van der Waals surface area contributed by atoms with Gasteiger partial charge in [-0.1, -0.05) is 13.8 Å². The fraction of sp³-hybridized carbons (Fsp3) is 0.889. The molecule has 0 amide bonds. The summed E-state index contributed by atoms with van der Waals surface area (Å²) in [5.41, 5.74) is 0. The highest BCUT2D eigenvalue weighted by Crippen LogP contribution is 2.01. The molecule has 0 rings (SSSR count). The van der Waals surface area contributed by atoms with Crippen LogP contribution >= 0.6 is 0 Å². The Hall–Kier alpha value is -0.570. The molecule has 0 N–H and O–H groups in total. The second-order valence-electron chi connectivity index (χ2n) is 3.22. The van der Waals surface area contributed by atoms with Crippen molar-refractivity contribution in [2.24, 2.45) is 5.92 Å². The Labute approximate surface area is 74.0 Å². The molecule has 0 aromatic carbocycles. The van der Waals surface area contributed by atoms with Crippen LogP contribution in [0.1, 0.15) is 27.2 Å². The third-order valence-electron chi connectivity index (χ3n) is 1.60. The summed E-state index contributed by atoms with van der Waals surface area (Å²) in [6.07, 6.45) is 0.537. The highest BCUT2D eigenvalue weighted by molar-refractivity contribution is 5.73. The number of methoxy groups -OCH3 is 1. The number of ether oxygens (including phenoxy) is 2. The molecule has 72 valence electrons. The van der Waals surface area contributed by atoms with Crippen molar-refractivity contribution in [1.29, 1.82) is 0 Å². The molecule has 0 aliphatic heterocycles. The van der Waals surface area contributed by atoms with Gasteiger partial charge in [0.05, 0.1) is 7.11 Å². The van der Waals surface area contributed by atoms with Gasteiger partial charge in [-0.15, -0.1) is 0 Å². The van der Waals surface area contributed by atoms with E-state index < -0.39 is 6.10 Å². The molecule has 0 aliphatic carbocycles. The van der Waals surface area contributed by atoms with Gasteiger partial charge in [-0.2, -0.15) is 0 Å². The molecule has 3 nitrogen and oxygen atoms in total. The van der Waals surface area contributed by atoms with Crippen LogP contribution in [-0.2, 0) is 14.3 Å². The zero-order chi connectivity index (χ0) is 9.56. The van der Waals surface area contributed by atoms with Crippen LogP contribution in [-0.4, -0.2) is 25.8 Å². The van der Waals surface area contributed by atoms with Crippen molar-refractivity contribution in [3.05, 3.63) is 0 Å². The van der Waals surface area contributed by atoms with Gasteiger partial charge in [0.25, 0.3) is 0 Å². The molecule has 0 aromatic heterocycles. The van der Waals surface area contributed by atoms with Crippen LogP contribution in [0.5, 0.6) is 0 Å². The van der Waals surface area contributed by atoms with E-state index in [0.717, 1.165) is 6.42 Å². The van der Waals surface area contributed by atoms with Crippen LogP contribution in [0.4, 0.5) is 0 Å². The molecule has 3 heteroatoms. The summed E-state index contributed by atoms with van der Waals surface area (Å²) >= 11 is 0. The highest BCUT2D eigenvalue weighted by Gasteiger charge is 2.12. The first-order valence-corrected chi connectivity index (χ1v) is 4.27. The van der Waals surface area contributed by atoms with E-state index in [4.69, 9.17) is 4.74 Å². The van der Waals surface area contributed by atoms with E-state index in [1.54, 1.807) is 6.92 Å². The lowest BCUT2D eigenvalue weighted by molar-refractivity contribution is -0.153. The summed E-state index contributed by atoms with van der Waals surface area (Å²) < 4.78 is 9.74. The Kier molecular flexibility index (Phi) is 5.72. The lowest BCUT2D eigenvalue weighted by Gasteiger charge is -2.11. The maximum Gasteiger partial charge on any atom is 0.334 e. The molecular formula is C9H18O3. The fourth-order valence-electron chi connectivity index (χ4n) is 0.715. The normalized spacial score (nSPS) is 13.1. The first kappa shape index (κ1) is 11.4. The fourth-order valence-corrected chi connectivity index (χ4v) is 0.715. The van der Waals surface area contributed by atoms with Gasteiger partial charge in [0, 0.05) is 6.61 Å². The molecule has 0 bridgehead atoms. The lowest BCUT2D eigenvalue weighted by Crippen LogP contribution is -2.22. The summed E-state index contributed by atoms with van der Waals surface area (Å²) in [6.45, 7) is 6.55. The number of rotatable bonds is 5. The van der Waals surface area contributed by atoms with Crippen molar-refractivity contribution >= 4 is 5.97 Å². The first-order valence-electron chi connectivity index (χ1n) is 4.27. The Morgan fingerprint density at radius 1 is 1.33 bits per heavy atom. The van der Waals surface area contributed by atoms with Gasteiger partial charge in [-0.3, -0.25) is 0 Å². The molecule has 12 heavy (non-hydrogen) atoms. The average molecular weight is 174 g/mol. The summed E-state index contributed by atoms with van der Waals surface area (Å²) in [6, 6.07) is 0. The number of hydrogen-bond donors (Lipinski definition) is 0. The van der Waals surface area contributed by atoms with E-state index in [2.05, 4.69) is 18.6 Å². The van der Waals surface area contributed by atoms with E-state index >= 15 is 0 Å². The summed E-state index contributed by atoms with van der Waals surface area (Å²) in [4.78, 5) is 10.8. The molecule has 0 saturated carbocycles. The van der Waals surface area contributed by atoms with Gasteiger partial charge >= 0.3 is 5.97 Å². The maximum atomic E-state index is 10.8. The van der Waals surface area contributed by atoms with Gasteiger partial charge in [-0.05, 0) is 19.3 Å². The van der Waals surface area contributed by atoms with Crippen molar-refractivity contribution in [3.63, 3.8) is 0 Å². The van der Waals surface area contributed by atoms with Crippen molar-refractivity contribution in [2.75, 3.05) is 13.7 Å². The lowest BCUT2D eigenvalue weighted by atomic mass is 10.1. The molecular weight excluding hydrogens is 156 g/mol. The van der Waals surface area contributed by atoms with Gasteiger partial charge in [0.1, 0.15) is 0 Å². The van der Waals surface area contributed by atoms with Crippen molar-refractivity contribution in [1.82, 2.24) is 0 Å². The zero-order valence-electron chi connectivity index (χ0n) is 8.29. The molecule has 0 saturated heterocycles. The van der Waals surface area contributed by atoms with E-state index in [1.165, 1.54) is 7.11 Å². The molecule has 0 spiro atoms. The largest absolute Gasteiger partial charge is 0.467 e. The second-order valence-corrected chi connectivity index (χ2v) is 3.22. The predicted molar refractivity (Wildman–Crippen MR) is 46.9 cm³/mol. The van der Waals surface area contributed by atoms with Gasteiger partial charge in [0.15, 0.2) is 6.10 Å². The number of hydrogen-bond acceptors (Lipinski definition) is 3. The van der Waals surface area contributed by atoms with E-state index in [-0.39, 0.29) is 5.97 Å². The van der Waals surface area contributed by atoms with Gasteiger partial charge in [0.2, 0.25) is 0 Å². The summed E-state index contributed by atoms with van der Waals surface area (Å²) in [5, 5.41) is 0. The number of carbonyl (C=O) groups is 1. The smallest absolute Gasteiger partial charge is 0.334 e. The predicted octanol–water partition coefficient (Wildman–Crippen LogP) is 1.61. The Morgan fingerprint density at radius 3 is 2.33 bits per heavy atom. The minimum Gasteiger partial charge on any atom is -0.467 e. The molecule has 0 radical (unpaired) electrons. The summed E-state index contributed by atoms with van der Waals surface area (Å²) in [5.74, 6) is 0.300. The SMILES string of the molecule is COC(=O)[C@@H](C)OCCC(C)C. The van der Waals surface area contributed by atoms with Gasteiger partial charge in [-0.25, -0.2) is 4.79 Å². The van der Waals surface area contributed by atoms with Crippen molar-refractivity contribution in [2.45, 2.75) is 33.3 Å². The van der Waals surface area contributed by atoms with Crippen LogP contribution < -0.4 is 0 Å². The molecule has 0 unspecified atom stereocenters. The first-order chi connectivity index (χ1) is 5.57. The van der Waals surface area contributed by atoms with Gasteiger partial charge < -0.3 is 9.47 Å². The van der Waals surface area contributed by atoms with Crippen molar-refractivity contribution in [3.8, 4) is 0 Å². The maximum absolute atomic E-state index is 10.8. The van der Waals surface area contributed by atoms with Crippen LogP contribution in [0.25, 0.3) is 0 Å². The average Bonchev–Trinajstić information content (AvgIpc) is 2.02. The molecule has 0 aromatic rings.